The molecule has 2 N–H and O–H groups in total. The molecule has 0 radical (unpaired) electrons. The van der Waals surface area contributed by atoms with E-state index in [2.05, 4.69) is 4.98 Å². The lowest BCUT2D eigenvalue weighted by Crippen LogP contribution is -2.49. The van der Waals surface area contributed by atoms with Gasteiger partial charge >= 0.3 is 16.3 Å². The summed E-state index contributed by atoms with van der Waals surface area (Å²) in [6.07, 6.45) is 7.04. The smallest absolute Gasteiger partial charge is 0.422 e. The molecule has 0 spiro atoms. The van der Waals surface area contributed by atoms with E-state index >= 15 is 0 Å². The van der Waals surface area contributed by atoms with E-state index in [0.29, 0.717) is 18.8 Å². The molecule has 2 aliphatic rings. The Hall–Kier alpha value is -2.17. The molecule has 170 valence electrons. The first-order valence-electron chi connectivity index (χ1n) is 10.7. The first-order chi connectivity index (χ1) is 14.5. The number of aromatic nitrogens is 2. The third-order valence-corrected chi connectivity index (χ3v) is 7.23. The summed E-state index contributed by atoms with van der Waals surface area (Å²) in [6.45, 7) is 5.41. The average molecular weight is 451 g/mol. The molecule has 1 aliphatic carbocycles. The van der Waals surface area contributed by atoms with Crippen LogP contribution in [0, 0.1) is 5.92 Å². The van der Waals surface area contributed by atoms with Gasteiger partial charge in [-0.25, -0.2) is 14.5 Å². The lowest BCUT2D eigenvalue weighted by molar-refractivity contribution is 0.0558. The molecule has 1 aliphatic heterocycles. The van der Waals surface area contributed by atoms with E-state index in [4.69, 9.17) is 4.74 Å². The lowest BCUT2D eigenvalue weighted by atomic mass is 9.86. The van der Waals surface area contributed by atoms with Crippen molar-refractivity contribution in [1.29, 1.82) is 0 Å². The number of piperidine rings is 1. The van der Waals surface area contributed by atoms with Crippen LogP contribution in [-0.4, -0.2) is 52.0 Å². The van der Waals surface area contributed by atoms with Crippen molar-refractivity contribution in [2.75, 3.05) is 13.1 Å². The fourth-order valence-electron chi connectivity index (χ4n) is 4.26. The van der Waals surface area contributed by atoms with Crippen molar-refractivity contribution >= 4 is 21.8 Å². The van der Waals surface area contributed by atoms with Gasteiger partial charge in [-0.3, -0.25) is 0 Å². The predicted octanol–water partition coefficient (Wildman–Crippen LogP) is 2.73. The van der Waals surface area contributed by atoms with Gasteiger partial charge in [0.05, 0.1) is 24.1 Å². The van der Waals surface area contributed by atoms with Crippen molar-refractivity contribution < 1.29 is 23.1 Å². The Kier molecular flexibility index (Phi) is 5.74. The largest absolute Gasteiger partial charge is 0.443 e. The van der Waals surface area contributed by atoms with Crippen LogP contribution in [0.25, 0.3) is 5.52 Å². The molecule has 2 unspecified atom stereocenters. The Labute approximate surface area is 182 Å². The highest BCUT2D eigenvalue weighted by atomic mass is 32.2. The molecule has 9 nitrogen and oxygen atoms in total. The fraction of sp³-hybridized carbons (Fsp3) is 0.619. The van der Waals surface area contributed by atoms with E-state index in [1.807, 2.05) is 21.4 Å². The van der Waals surface area contributed by atoms with Gasteiger partial charge in [0.25, 0.3) is 0 Å². The number of hydrogen-bond acceptors (Lipinski definition) is 6. The molecule has 4 rings (SSSR count). The SMILES string of the molecule is CC(C)(C)OC(=O)NS(=O)(=O)N1CCCC(C(O)c2c(C3CC3)ccn3cncc23)C1. The van der Waals surface area contributed by atoms with Crippen LogP contribution in [0.2, 0.25) is 0 Å². The minimum Gasteiger partial charge on any atom is -0.443 e. The Morgan fingerprint density at radius 1 is 1.32 bits per heavy atom. The van der Waals surface area contributed by atoms with Crippen LogP contribution in [-0.2, 0) is 14.9 Å². The van der Waals surface area contributed by atoms with Crippen molar-refractivity contribution in [1.82, 2.24) is 18.4 Å². The lowest BCUT2D eigenvalue weighted by Gasteiger charge is -2.35. The highest BCUT2D eigenvalue weighted by molar-refractivity contribution is 7.87. The summed E-state index contributed by atoms with van der Waals surface area (Å²) < 4.78 is 35.7. The third kappa shape index (κ3) is 4.86. The van der Waals surface area contributed by atoms with Gasteiger partial charge in [0.1, 0.15) is 5.60 Å². The molecule has 1 amide bonds. The van der Waals surface area contributed by atoms with Gasteiger partial charge in [-0.2, -0.15) is 12.7 Å². The van der Waals surface area contributed by atoms with Gasteiger partial charge in [-0.15, -0.1) is 0 Å². The monoisotopic (exact) mass is 450 g/mol. The zero-order valence-electron chi connectivity index (χ0n) is 18.1. The first kappa shape index (κ1) is 22.0. The summed E-state index contributed by atoms with van der Waals surface area (Å²) >= 11 is 0. The molecule has 2 aromatic rings. The second kappa shape index (κ2) is 8.07. The molecule has 1 saturated heterocycles. The number of aliphatic hydroxyl groups is 1. The van der Waals surface area contributed by atoms with Crippen molar-refractivity contribution in [3.05, 3.63) is 35.9 Å². The molecular formula is C21H30N4O5S. The summed E-state index contributed by atoms with van der Waals surface area (Å²) in [5.74, 6) is 0.143. The quantitative estimate of drug-likeness (QED) is 0.724. The molecule has 0 aromatic carbocycles. The standard InChI is InChI=1S/C21H30N4O5S/c1-21(2,3)30-20(27)23-31(28,29)25-9-4-5-15(12-25)19(26)18-16(14-6-7-14)8-10-24-13-22-11-17(18)24/h8,10-11,13-15,19,26H,4-7,9,12H2,1-3H3,(H,23,27). The third-order valence-electron chi connectivity index (χ3n) is 5.80. The van der Waals surface area contributed by atoms with Gasteiger partial charge in [-0.05, 0) is 64.0 Å². The molecular weight excluding hydrogens is 420 g/mol. The van der Waals surface area contributed by atoms with Crippen LogP contribution in [0.3, 0.4) is 0 Å². The van der Waals surface area contributed by atoms with Gasteiger partial charge in [-0.1, -0.05) is 0 Å². The number of nitrogens with one attached hydrogen (secondary N) is 1. The zero-order valence-corrected chi connectivity index (χ0v) is 18.9. The summed E-state index contributed by atoms with van der Waals surface area (Å²) in [7, 11) is -4.07. The predicted molar refractivity (Wildman–Crippen MR) is 115 cm³/mol. The van der Waals surface area contributed by atoms with Gasteiger partial charge < -0.3 is 14.2 Å². The molecule has 0 bridgehead atoms. The number of hydrogen-bond donors (Lipinski definition) is 2. The first-order valence-corrected chi connectivity index (χ1v) is 12.1. The summed E-state index contributed by atoms with van der Waals surface area (Å²) in [5, 5.41) is 11.4. The number of imidazole rings is 1. The van der Waals surface area contributed by atoms with Crippen LogP contribution in [0.15, 0.2) is 24.8 Å². The number of rotatable bonds is 5. The topological polar surface area (TPSA) is 113 Å². The van der Waals surface area contributed by atoms with E-state index < -0.39 is 28.0 Å². The fourth-order valence-corrected chi connectivity index (χ4v) is 5.40. The Morgan fingerprint density at radius 3 is 2.74 bits per heavy atom. The van der Waals surface area contributed by atoms with E-state index in [1.54, 1.807) is 33.3 Å². The van der Waals surface area contributed by atoms with Crippen molar-refractivity contribution in [2.45, 2.75) is 64.1 Å². The number of aliphatic hydroxyl groups excluding tert-OH is 1. The zero-order chi connectivity index (χ0) is 22.4. The minimum atomic E-state index is -4.07. The Balaban J connectivity index is 1.54. The molecule has 10 heteroatoms. The molecule has 3 heterocycles. The highest BCUT2D eigenvalue weighted by Gasteiger charge is 2.37. The van der Waals surface area contributed by atoms with Crippen LogP contribution < -0.4 is 4.72 Å². The summed E-state index contributed by atoms with van der Waals surface area (Å²) in [4.78, 5) is 16.2. The molecule has 31 heavy (non-hydrogen) atoms. The number of carbonyl (C=O) groups excluding carboxylic acids is 1. The maximum atomic E-state index is 12.8. The summed E-state index contributed by atoms with van der Waals surface area (Å²) in [5.41, 5.74) is 2.01. The normalized spacial score (nSPS) is 21.7. The number of nitrogens with zero attached hydrogens (tertiary/aromatic N) is 3. The van der Waals surface area contributed by atoms with Gasteiger partial charge in [0.15, 0.2) is 0 Å². The number of carbonyl (C=O) groups is 1. The summed E-state index contributed by atoms with van der Waals surface area (Å²) in [6, 6.07) is 2.03. The van der Waals surface area contributed by atoms with Crippen LogP contribution in [0.5, 0.6) is 0 Å². The highest BCUT2D eigenvalue weighted by Crippen LogP contribution is 2.46. The van der Waals surface area contributed by atoms with Gasteiger partial charge in [0.2, 0.25) is 0 Å². The number of pyridine rings is 1. The Morgan fingerprint density at radius 2 is 2.06 bits per heavy atom. The van der Waals surface area contributed by atoms with Crippen LogP contribution >= 0.6 is 0 Å². The van der Waals surface area contributed by atoms with Crippen molar-refractivity contribution in [2.24, 2.45) is 5.92 Å². The molecule has 2 aromatic heterocycles. The van der Waals surface area contributed by atoms with Crippen LogP contribution in [0.4, 0.5) is 4.79 Å². The second-order valence-corrected chi connectivity index (χ2v) is 11.1. The number of ether oxygens (including phenoxy) is 1. The van der Waals surface area contributed by atoms with E-state index in [1.165, 1.54) is 4.31 Å². The van der Waals surface area contributed by atoms with E-state index in [9.17, 15) is 18.3 Å². The molecule has 1 saturated carbocycles. The minimum absolute atomic E-state index is 0.124. The van der Waals surface area contributed by atoms with Crippen LogP contribution in [0.1, 0.15) is 69.6 Å². The molecule has 2 atom stereocenters. The maximum Gasteiger partial charge on any atom is 0.422 e. The maximum absolute atomic E-state index is 12.8. The average Bonchev–Trinajstić information content (AvgIpc) is 3.41. The second-order valence-electron chi connectivity index (χ2n) is 9.46. The van der Waals surface area contributed by atoms with E-state index in [-0.39, 0.29) is 19.0 Å². The Bertz CT molecular complexity index is 1070. The molecule has 2 fully saturated rings. The van der Waals surface area contributed by atoms with Crippen molar-refractivity contribution in [3.8, 4) is 0 Å². The number of fused-ring (bicyclic) bond motifs is 1. The van der Waals surface area contributed by atoms with E-state index in [0.717, 1.165) is 29.5 Å². The van der Waals surface area contributed by atoms with Crippen molar-refractivity contribution in [3.63, 3.8) is 0 Å². The van der Waals surface area contributed by atoms with Gasteiger partial charge in [0, 0.05) is 30.8 Å². The number of amides is 1.